The number of carbonyl (C=O) groups is 2. The Morgan fingerprint density at radius 2 is 1.87 bits per heavy atom. The molecule has 0 fully saturated rings. The Morgan fingerprint density at radius 1 is 1.13 bits per heavy atom. The van der Waals surface area contributed by atoms with Gasteiger partial charge in [-0.05, 0) is 42.7 Å². The topological polar surface area (TPSA) is 95.6 Å². The van der Waals surface area contributed by atoms with Gasteiger partial charge in [-0.3, -0.25) is 9.59 Å². The summed E-state index contributed by atoms with van der Waals surface area (Å²) < 4.78 is 27.7. The maximum Gasteiger partial charge on any atom is 0.240 e. The smallest absolute Gasteiger partial charge is 0.240 e. The highest BCUT2D eigenvalue weighted by atomic mass is 32.2. The van der Waals surface area contributed by atoms with Gasteiger partial charge < -0.3 is 10.2 Å². The fourth-order valence-electron chi connectivity index (χ4n) is 3.52. The molecule has 0 aliphatic carbocycles. The van der Waals surface area contributed by atoms with E-state index in [0.29, 0.717) is 19.4 Å². The van der Waals surface area contributed by atoms with Crippen molar-refractivity contribution in [1.29, 1.82) is 0 Å². The second kappa shape index (κ2) is 9.40. The molecule has 2 amide bonds. The zero-order valence-electron chi connectivity index (χ0n) is 17.2. The average molecular weight is 430 g/mol. The van der Waals surface area contributed by atoms with E-state index in [1.54, 1.807) is 24.0 Å². The number of hydrogen-bond acceptors (Lipinski definition) is 4. The number of benzene rings is 2. The van der Waals surface area contributed by atoms with Gasteiger partial charge in [0, 0.05) is 31.6 Å². The first-order chi connectivity index (χ1) is 14.3. The SMILES string of the molecule is CCC(=O)N1CCc2cc(S(=O)(=O)NCCC(=O)N[C@H](C)c3ccccc3)ccc21. The van der Waals surface area contributed by atoms with Gasteiger partial charge in [0.25, 0.3) is 0 Å². The van der Waals surface area contributed by atoms with Crippen LogP contribution in [0, 0.1) is 0 Å². The van der Waals surface area contributed by atoms with Gasteiger partial charge in [0.1, 0.15) is 0 Å². The molecule has 0 saturated carbocycles. The molecule has 1 atom stereocenters. The number of carbonyl (C=O) groups excluding carboxylic acids is 2. The first-order valence-corrected chi connectivity index (χ1v) is 11.6. The summed E-state index contributed by atoms with van der Waals surface area (Å²) in [5.41, 5.74) is 2.60. The van der Waals surface area contributed by atoms with Gasteiger partial charge in [-0.2, -0.15) is 0 Å². The highest BCUT2D eigenvalue weighted by Crippen LogP contribution is 2.30. The minimum atomic E-state index is -3.73. The normalized spacial score (nSPS) is 14.3. The van der Waals surface area contributed by atoms with E-state index < -0.39 is 10.0 Å². The third-order valence-corrected chi connectivity index (χ3v) is 6.64. The van der Waals surface area contributed by atoms with Crippen LogP contribution >= 0.6 is 0 Å². The summed E-state index contributed by atoms with van der Waals surface area (Å²) in [5.74, 6) is -0.199. The van der Waals surface area contributed by atoms with E-state index in [4.69, 9.17) is 0 Å². The van der Waals surface area contributed by atoms with E-state index in [1.807, 2.05) is 37.3 Å². The molecule has 0 radical (unpaired) electrons. The first-order valence-electron chi connectivity index (χ1n) is 10.1. The Kier molecular flexibility index (Phi) is 6.89. The van der Waals surface area contributed by atoms with Gasteiger partial charge >= 0.3 is 0 Å². The van der Waals surface area contributed by atoms with Crippen LogP contribution in [0.3, 0.4) is 0 Å². The highest BCUT2D eigenvalue weighted by molar-refractivity contribution is 7.89. The number of nitrogens with zero attached hydrogens (tertiary/aromatic N) is 1. The lowest BCUT2D eigenvalue weighted by molar-refractivity contribution is -0.121. The quantitative estimate of drug-likeness (QED) is 0.674. The third kappa shape index (κ3) is 5.06. The fraction of sp³-hybridized carbons (Fsp3) is 0.364. The largest absolute Gasteiger partial charge is 0.350 e. The zero-order chi connectivity index (χ0) is 21.7. The van der Waals surface area contributed by atoms with E-state index in [2.05, 4.69) is 10.0 Å². The van der Waals surface area contributed by atoms with Gasteiger partial charge in [0.2, 0.25) is 21.8 Å². The molecule has 0 saturated heterocycles. The average Bonchev–Trinajstić information content (AvgIpc) is 3.17. The highest BCUT2D eigenvalue weighted by Gasteiger charge is 2.25. The standard InChI is InChI=1S/C22H27N3O4S/c1-3-22(27)25-14-12-18-15-19(9-10-20(18)25)30(28,29)23-13-11-21(26)24-16(2)17-7-5-4-6-8-17/h4-10,15-16,23H,3,11-14H2,1-2H3,(H,24,26)/t16-/m1/s1. The number of rotatable bonds is 8. The molecule has 1 heterocycles. The van der Waals surface area contributed by atoms with E-state index in [1.165, 1.54) is 6.07 Å². The molecule has 2 aromatic rings. The molecule has 0 aromatic heterocycles. The molecular formula is C22H27N3O4S. The molecule has 2 aromatic carbocycles. The molecule has 30 heavy (non-hydrogen) atoms. The maximum absolute atomic E-state index is 12.6. The molecule has 160 valence electrons. The van der Waals surface area contributed by atoms with Crippen LogP contribution in [0.4, 0.5) is 5.69 Å². The zero-order valence-corrected chi connectivity index (χ0v) is 18.0. The number of amides is 2. The Hall–Kier alpha value is -2.71. The van der Waals surface area contributed by atoms with Crippen LogP contribution in [-0.4, -0.2) is 33.3 Å². The van der Waals surface area contributed by atoms with Gasteiger partial charge in [0.15, 0.2) is 0 Å². The van der Waals surface area contributed by atoms with Gasteiger partial charge in [0.05, 0.1) is 10.9 Å². The van der Waals surface area contributed by atoms with Crippen LogP contribution < -0.4 is 14.9 Å². The Morgan fingerprint density at radius 3 is 2.57 bits per heavy atom. The van der Waals surface area contributed by atoms with E-state index in [9.17, 15) is 18.0 Å². The molecule has 3 rings (SSSR count). The molecule has 7 nitrogen and oxygen atoms in total. The van der Waals surface area contributed by atoms with Crippen molar-refractivity contribution in [1.82, 2.24) is 10.0 Å². The molecule has 8 heteroatoms. The van der Waals surface area contributed by atoms with Gasteiger partial charge in [-0.15, -0.1) is 0 Å². The lowest BCUT2D eigenvalue weighted by atomic mass is 10.1. The van der Waals surface area contributed by atoms with Crippen molar-refractivity contribution in [3.05, 3.63) is 59.7 Å². The van der Waals surface area contributed by atoms with Crippen molar-refractivity contribution in [2.45, 2.75) is 44.0 Å². The summed E-state index contributed by atoms with van der Waals surface area (Å²) in [6.45, 7) is 4.26. The Bertz CT molecular complexity index is 1020. The first kappa shape index (κ1) is 22.0. The van der Waals surface area contributed by atoms with Crippen molar-refractivity contribution in [3.8, 4) is 0 Å². The molecule has 0 unspecified atom stereocenters. The summed E-state index contributed by atoms with van der Waals surface area (Å²) in [7, 11) is -3.73. The predicted molar refractivity (Wildman–Crippen MR) is 116 cm³/mol. The van der Waals surface area contributed by atoms with Crippen molar-refractivity contribution >= 4 is 27.5 Å². The number of nitrogens with one attached hydrogen (secondary N) is 2. The van der Waals surface area contributed by atoms with Crippen molar-refractivity contribution in [2.75, 3.05) is 18.0 Å². The Labute approximate surface area is 177 Å². The van der Waals surface area contributed by atoms with Crippen LogP contribution in [0.1, 0.15) is 43.9 Å². The minimum Gasteiger partial charge on any atom is -0.350 e. The maximum atomic E-state index is 12.6. The second-order valence-corrected chi connectivity index (χ2v) is 9.05. The number of hydrogen-bond donors (Lipinski definition) is 2. The lowest BCUT2D eigenvalue weighted by Crippen LogP contribution is -2.32. The molecule has 0 bridgehead atoms. The number of anilines is 1. The third-order valence-electron chi connectivity index (χ3n) is 5.18. The van der Waals surface area contributed by atoms with Crippen LogP contribution in [0.25, 0.3) is 0 Å². The van der Waals surface area contributed by atoms with Crippen molar-refractivity contribution < 1.29 is 18.0 Å². The van der Waals surface area contributed by atoms with Crippen LogP contribution in [0.15, 0.2) is 53.4 Å². The van der Waals surface area contributed by atoms with Crippen molar-refractivity contribution in [3.63, 3.8) is 0 Å². The fourth-order valence-corrected chi connectivity index (χ4v) is 4.60. The van der Waals surface area contributed by atoms with Crippen LogP contribution in [0.5, 0.6) is 0 Å². The molecular weight excluding hydrogens is 402 g/mol. The Balaban J connectivity index is 1.56. The van der Waals surface area contributed by atoms with Crippen LogP contribution in [-0.2, 0) is 26.0 Å². The van der Waals surface area contributed by atoms with E-state index in [0.717, 1.165) is 16.8 Å². The number of fused-ring (bicyclic) bond motifs is 1. The van der Waals surface area contributed by atoms with Gasteiger partial charge in [-0.25, -0.2) is 13.1 Å². The molecule has 1 aliphatic heterocycles. The van der Waals surface area contributed by atoms with Gasteiger partial charge in [-0.1, -0.05) is 37.3 Å². The summed E-state index contributed by atoms with van der Waals surface area (Å²) in [5, 5.41) is 2.87. The number of sulfonamides is 1. The predicted octanol–water partition coefficient (Wildman–Crippen LogP) is 2.53. The summed E-state index contributed by atoms with van der Waals surface area (Å²) in [4.78, 5) is 26.0. The summed E-state index contributed by atoms with van der Waals surface area (Å²) in [6.07, 6.45) is 1.08. The second-order valence-electron chi connectivity index (χ2n) is 7.29. The lowest BCUT2D eigenvalue weighted by Gasteiger charge is -2.16. The molecule has 0 spiro atoms. The van der Waals surface area contributed by atoms with E-state index >= 15 is 0 Å². The summed E-state index contributed by atoms with van der Waals surface area (Å²) in [6, 6.07) is 14.2. The van der Waals surface area contributed by atoms with Crippen molar-refractivity contribution in [2.24, 2.45) is 0 Å². The minimum absolute atomic E-state index is 0.00715. The molecule has 1 aliphatic rings. The van der Waals surface area contributed by atoms with Crippen LogP contribution in [0.2, 0.25) is 0 Å². The monoisotopic (exact) mass is 429 g/mol. The summed E-state index contributed by atoms with van der Waals surface area (Å²) >= 11 is 0. The molecule has 2 N–H and O–H groups in total. The van der Waals surface area contributed by atoms with E-state index in [-0.39, 0.29) is 35.7 Å².